The first-order chi connectivity index (χ1) is 18.8. The highest BCUT2D eigenvalue weighted by atomic mass is 35.5. The number of piperidine rings is 2. The molecule has 5 rings (SSSR count). The summed E-state index contributed by atoms with van der Waals surface area (Å²) in [4.78, 5) is 2.36. The van der Waals surface area contributed by atoms with Crippen molar-refractivity contribution in [2.24, 2.45) is 5.41 Å². The van der Waals surface area contributed by atoms with Crippen LogP contribution < -0.4 is 0 Å². The van der Waals surface area contributed by atoms with Crippen molar-refractivity contribution < 1.29 is 16.8 Å². The Bertz CT molecular complexity index is 1070. The molecule has 1 aromatic rings. The minimum atomic E-state index is -3.58. The molecule has 1 spiro atoms. The van der Waals surface area contributed by atoms with Gasteiger partial charge in [0.1, 0.15) is 0 Å². The van der Waals surface area contributed by atoms with Crippen LogP contribution in [0.15, 0.2) is 30.3 Å². The molecule has 4 aliphatic rings. The summed E-state index contributed by atoms with van der Waals surface area (Å²) in [7, 11) is -7.17. The van der Waals surface area contributed by atoms with Gasteiger partial charge in [-0.25, -0.2) is 0 Å². The number of halogens is 1. The fourth-order valence-corrected chi connectivity index (χ4v) is 10.1. The van der Waals surface area contributed by atoms with Crippen molar-refractivity contribution in [1.29, 1.82) is 0 Å². The summed E-state index contributed by atoms with van der Waals surface area (Å²) in [5.41, 5.74) is 0.936. The van der Waals surface area contributed by atoms with Crippen LogP contribution in [0.2, 0.25) is 0 Å². The third-order valence-corrected chi connectivity index (χ3v) is 12.9. The molecule has 1 aromatic carbocycles. The topological polar surface area (TPSA) is 84.5 Å². The van der Waals surface area contributed by atoms with Gasteiger partial charge in [0.2, 0.25) is 0 Å². The van der Waals surface area contributed by atoms with Crippen LogP contribution in [-0.4, -0.2) is 104 Å². The standard InChI is InChI=1S/C28H47N5O4S2.ClH/c34-38(35,30-18-6-2-7-19-30)32-22-10-16-29(24-27-12-4-1-5-13-27)17-11-23-33(26-28(25-32)14-15-28)39(36,37)31-20-8-3-9-21-31;/h1,4-5,12-13H,2-3,6-11,14-26H2;1H. The molecule has 4 fully saturated rings. The smallest absolute Gasteiger partial charge is 0.281 e. The van der Waals surface area contributed by atoms with Gasteiger partial charge in [0.05, 0.1) is 0 Å². The Balaban J connectivity index is 0.00000370. The van der Waals surface area contributed by atoms with Gasteiger partial charge in [-0.2, -0.15) is 34.1 Å². The van der Waals surface area contributed by atoms with E-state index in [9.17, 15) is 16.8 Å². The van der Waals surface area contributed by atoms with Crippen LogP contribution in [0.1, 0.15) is 69.8 Å². The van der Waals surface area contributed by atoms with E-state index in [2.05, 4.69) is 17.0 Å². The second-order valence-electron chi connectivity index (χ2n) is 12.1. The van der Waals surface area contributed by atoms with E-state index in [1.165, 1.54) is 5.56 Å². The molecule has 1 saturated carbocycles. The van der Waals surface area contributed by atoms with Gasteiger partial charge in [0.15, 0.2) is 0 Å². The Morgan fingerprint density at radius 2 is 0.975 bits per heavy atom. The van der Waals surface area contributed by atoms with Crippen LogP contribution in [0.4, 0.5) is 0 Å². The molecular weight excluding hydrogens is 570 g/mol. The summed E-state index contributed by atoms with van der Waals surface area (Å²) in [6.07, 6.45) is 9.08. The lowest BCUT2D eigenvalue weighted by Gasteiger charge is -2.38. The van der Waals surface area contributed by atoms with Crippen molar-refractivity contribution in [3.63, 3.8) is 0 Å². The average Bonchev–Trinajstić information content (AvgIpc) is 3.71. The Labute approximate surface area is 248 Å². The molecule has 9 nitrogen and oxygen atoms in total. The third kappa shape index (κ3) is 7.98. The van der Waals surface area contributed by atoms with Gasteiger partial charge in [-0.15, -0.1) is 12.4 Å². The van der Waals surface area contributed by atoms with E-state index in [0.717, 1.165) is 83.8 Å². The zero-order valence-corrected chi connectivity index (χ0v) is 26.3. The second-order valence-corrected chi connectivity index (χ2v) is 15.9. The van der Waals surface area contributed by atoms with Crippen LogP contribution in [0.3, 0.4) is 0 Å². The number of benzene rings is 1. The molecule has 3 saturated heterocycles. The lowest BCUT2D eigenvalue weighted by atomic mass is 10.1. The van der Waals surface area contributed by atoms with Gasteiger partial charge in [-0.05, 0) is 75.4 Å². The predicted octanol–water partition coefficient (Wildman–Crippen LogP) is 3.55. The average molecular weight is 618 g/mol. The third-order valence-electron chi connectivity index (χ3n) is 8.93. The van der Waals surface area contributed by atoms with Crippen LogP contribution in [-0.2, 0) is 27.0 Å². The summed E-state index contributed by atoms with van der Waals surface area (Å²) in [6.45, 7) is 6.47. The number of nitrogens with zero attached hydrogens (tertiary/aromatic N) is 5. The fraction of sp³-hybridized carbons (Fsp3) is 0.786. The molecule has 0 amide bonds. The molecule has 12 heteroatoms. The van der Waals surface area contributed by atoms with Crippen molar-refractivity contribution in [3.05, 3.63) is 35.9 Å². The molecule has 40 heavy (non-hydrogen) atoms. The van der Waals surface area contributed by atoms with Gasteiger partial charge in [0, 0.05) is 58.9 Å². The second kappa shape index (κ2) is 14.1. The van der Waals surface area contributed by atoms with Gasteiger partial charge in [0.25, 0.3) is 20.4 Å². The lowest BCUT2D eigenvalue weighted by Crippen LogP contribution is -2.52. The molecular formula is C28H48ClN5O4S2. The molecule has 0 bridgehead atoms. The van der Waals surface area contributed by atoms with E-state index in [1.807, 2.05) is 18.2 Å². The fourth-order valence-electron chi connectivity index (χ4n) is 6.41. The summed E-state index contributed by atoms with van der Waals surface area (Å²) in [5.74, 6) is 0. The summed E-state index contributed by atoms with van der Waals surface area (Å²) < 4.78 is 62.2. The predicted molar refractivity (Wildman–Crippen MR) is 162 cm³/mol. The highest BCUT2D eigenvalue weighted by Gasteiger charge is 2.50. The lowest BCUT2D eigenvalue weighted by molar-refractivity contribution is 0.196. The molecule has 0 radical (unpaired) electrons. The molecule has 0 aromatic heterocycles. The van der Waals surface area contributed by atoms with E-state index in [0.29, 0.717) is 52.4 Å². The van der Waals surface area contributed by atoms with Gasteiger partial charge >= 0.3 is 0 Å². The van der Waals surface area contributed by atoms with Gasteiger partial charge in [-0.3, -0.25) is 4.90 Å². The van der Waals surface area contributed by atoms with E-state index in [-0.39, 0.29) is 17.8 Å². The number of hydrogen-bond donors (Lipinski definition) is 0. The van der Waals surface area contributed by atoms with Crippen molar-refractivity contribution in [1.82, 2.24) is 22.1 Å². The molecule has 0 N–H and O–H groups in total. The highest BCUT2D eigenvalue weighted by Crippen LogP contribution is 2.48. The SMILES string of the molecule is Cl.O=S(=O)(N1CCCCC1)N1CCCN(Cc2ccccc2)CCCN(S(=O)(=O)N2CCCCC2)CC2(CC2)C1. The highest BCUT2D eigenvalue weighted by molar-refractivity contribution is 7.87. The quantitative estimate of drug-likeness (QED) is 0.488. The van der Waals surface area contributed by atoms with Crippen LogP contribution in [0.25, 0.3) is 0 Å². The molecule has 3 aliphatic heterocycles. The maximum Gasteiger partial charge on any atom is 0.281 e. The van der Waals surface area contributed by atoms with Crippen molar-refractivity contribution in [2.45, 2.75) is 70.8 Å². The first-order valence-corrected chi connectivity index (χ1v) is 17.8. The molecule has 228 valence electrons. The Morgan fingerprint density at radius 1 is 0.550 bits per heavy atom. The zero-order chi connectivity index (χ0) is 27.3. The van der Waals surface area contributed by atoms with E-state index >= 15 is 0 Å². The van der Waals surface area contributed by atoms with Crippen LogP contribution in [0, 0.1) is 5.41 Å². The largest absolute Gasteiger partial charge is 0.299 e. The van der Waals surface area contributed by atoms with E-state index < -0.39 is 20.4 Å². The number of rotatable bonds is 6. The van der Waals surface area contributed by atoms with Crippen LogP contribution in [0.5, 0.6) is 0 Å². The summed E-state index contributed by atoms with van der Waals surface area (Å²) in [5, 5.41) is 0. The minimum Gasteiger partial charge on any atom is -0.299 e. The van der Waals surface area contributed by atoms with Crippen molar-refractivity contribution >= 4 is 32.8 Å². The molecule has 0 unspecified atom stereocenters. The first kappa shape index (κ1) is 32.1. The maximum atomic E-state index is 13.9. The molecule has 0 atom stereocenters. The van der Waals surface area contributed by atoms with Crippen molar-refractivity contribution in [3.8, 4) is 0 Å². The summed E-state index contributed by atoms with van der Waals surface area (Å²) >= 11 is 0. The maximum absolute atomic E-state index is 13.9. The van der Waals surface area contributed by atoms with Gasteiger partial charge < -0.3 is 0 Å². The van der Waals surface area contributed by atoms with Crippen molar-refractivity contribution in [2.75, 3.05) is 65.4 Å². The molecule has 1 aliphatic carbocycles. The minimum absolute atomic E-state index is 0. The van der Waals surface area contributed by atoms with E-state index in [1.54, 1.807) is 17.2 Å². The van der Waals surface area contributed by atoms with E-state index in [4.69, 9.17) is 0 Å². The molecule has 3 heterocycles. The summed E-state index contributed by atoms with van der Waals surface area (Å²) in [6, 6.07) is 10.3. The zero-order valence-electron chi connectivity index (χ0n) is 23.8. The van der Waals surface area contributed by atoms with Gasteiger partial charge in [-0.1, -0.05) is 43.2 Å². The Morgan fingerprint density at radius 3 is 1.40 bits per heavy atom. The Hall–Kier alpha value is -0.790. The monoisotopic (exact) mass is 617 g/mol. The number of hydrogen-bond acceptors (Lipinski definition) is 5. The first-order valence-electron chi connectivity index (χ1n) is 15.1. The normalized spacial score (nSPS) is 25.5. The Kier molecular flexibility index (Phi) is 11.3. The van der Waals surface area contributed by atoms with Crippen LogP contribution >= 0.6 is 12.4 Å².